The van der Waals surface area contributed by atoms with Crippen LogP contribution in [0.2, 0.25) is 0 Å². The molecule has 1 aliphatic heterocycles. The second-order valence-corrected chi connectivity index (χ2v) is 6.20. The Morgan fingerprint density at radius 2 is 1.92 bits per heavy atom. The molecular weight excluding hydrogens is 316 g/mol. The molecule has 1 aliphatic rings. The van der Waals surface area contributed by atoms with Gasteiger partial charge in [0.1, 0.15) is 5.54 Å². The first-order chi connectivity index (χ1) is 12.3. The Kier molecular flexibility index (Phi) is 4.07. The van der Waals surface area contributed by atoms with Gasteiger partial charge in [0.05, 0.1) is 6.33 Å². The summed E-state index contributed by atoms with van der Waals surface area (Å²) >= 11 is 0. The topological polar surface area (TPSA) is 76.8 Å². The van der Waals surface area contributed by atoms with Crippen molar-refractivity contribution in [1.29, 1.82) is 0 Å². The first-order valence-electron chi connectivity index (χ1n) is 8.39. The number of piperidine rings is 1. The van der Waals surface area contributed by atoms with Crippen LogP contribution in [0.5, 0.6) is 0 Å². The van der Waals surface area contributed by atoms with Crippen molar-refractivity contribution in [2.24, 2.45) is 0 Å². The van der Waals surface area contributed by atoms with Gasteiger partial charge in [0, 0.05) is 36.2 Å². The minimum Gasteiger partial charge on any atom is -0.324 e. The van der Waals surface area contributed by atoms with Gasteiger partial charge in [0.2, 0.25) is 0 Å². The zero-order chi connectivity index (χ0) is 17.1. The first kappa shape index (κ1) is 15.6. The highest BCUT2D eigenvalue weighted by Gasteiger charge is 2.41. The largest absolute Gasteiger partial charge is 0.324 e. The van der Waals surface area contributed by atoms with Gasteiger partial charge < -0.3 is 15.2 Å². The fourth-order valence-corrected chi connectivity index (χ4v) is 3.30. The Morgan fingerprint density at radius 3 is 2.56 bits per heavy atom. The third-order valence-electron chi connectivity index (χ3n) is 4.72. The van der Waals surface area contributed by atoms with E-state index in [0.717, 1.165) is 24.5 Å². The van der Waals surface area contributed by atoms with Gasteiger partial charge in [0.15, 0.2) is 0 Å². The fraction of sp³-hybridized carbons (Fsp3) is 0.278. The van der Waals surface area contributed by atoms with Crippen LogP contribution in [-0.4, -0.2) is 38.3 Å². The average Bonchev–Trinajstić information content (AvgIpc) is 3.37. The Hall–Kier alpha value is -2.93. The van der Waals surface area contributed by atoms with Crippen LogP contribution in [0.25, 0.3) is 5.69 Å². The summed E-state index contributed by atoms with van der Waals surface area (Å²) in [6.45, 7) is 1.60. The average molecular weight is 336 g/mol. The molecule has 0 atom stereocenters. The number of nitrogens with one attached hydrogen (secondary N) is 2. The van der Waals surface area contributed by atoms with Crippen molar-refractivity contribution < 1.29 is 4.79 Å². The number of carbonyl (C=O) groups is 1. The number of benzene rings is 1. The molecule has 0 aliphatic carbocycles. The lowest BCUT2D eigenvalue weighted by molar-refractivity contribution is -0.126. The molecule has 3 heterocycles. The summed E-state index contributed by atoms with van der Waals surface area (Å²) in [5.41, 5.74) is 1.13. The predicted molar refractivity (Wildman–Crippen MR) is 94.5 cm³/mol. The monoisotopic (exact) mass is 336 g/mol. The van der Waals surface area contributed by atoms with Crippen LogP contribution < -0.4 is 10.6 Å². The van der Waals surface area contributed by atoms with E-state index in [9.17, 15) is 4.79 Å². The predicted octanol–water partition coefficient (Wildman–Crippen LogP) is 1.79. The van der Waals surface area contributed by atoms with E-state index < -0.39 is 5.54 Å². The van der Waals surface area contributed by atoms with Crippen LogP contribution in [0.4, 0.5) is 5.69 Å². The number of rotatable bonds is 4. The molecule has 0 unspecified atom stereocenters. The molecule has 1 fully saturated rings. The van der Waals surface area contributed by atoms with Gasteiger partial charge in [-0.25, -0.2) is 4.98 Å². The normalized spacial score (nSPS) is 16.5. The minimum absolute atomic E-state index is 0.0203. The number of aromatic nitrogens is 4. The molecule has 1 amide bonds. The summed E-state index contributed by atoms with van der Waals surface area (Å²) in [6.07, 6.45) is 10.4. The van der Waals surface area contributed by atoms with Gasteiger partial charge in [-0.3, -0.25) is 9.48 Å². The zero-order valence-corrected chi connectivity index (χ0v) is 13.8. The van der Waals surface area contributed by atoms with Crippen molar-refractivity contribution >= 4 is 11.6 Å². The van der Waals surface area contributed by atoms with Crippen LogP contribution >= 0.6 is 0 Å². The van der Waals surface area contributed by atoms with E-state index in [1.165, 1.54) is 0 Å². The van der Waals surface area contributed by atoms with Gasteiger partial charge in [-0.05, 0) is 56.3 Å². The quantitative estimate of drug-likeness (QED) is 0.761. The lowest BCUT2D eigenvalue weighted by Gasteiger charge is -2.36. The number of imidazole rings is 1. The van der Waals surface area contributed by atoms with Gasteiger partial charge in [-0.15, -0.1) is 0 Å². The highest BCUT2D eigenvalue weighted by Crippen LogP contribution is 2.28. The first-order valence-corrected chi connectivity index (χ1v) is 8.39. The molecule has 1 saturated heterocycles. The second kappa shape index (κ2) is 6.52. The summed E-state index contributed by atoms with van der Waals surface area (Å²) in [5, 5.41) is 10.7. The van der Waals surface area contributed by atoms with Crippen molar-refractivity contribution in [3.63, 3.8) is 0 Å². The molecule has 0 saturated carbocycles. The maximum atomic E-state index is 13.1. The highest BCUT2D eigenvalue weighted by molar-refractivity contribution is 5.96. The number of hydrogen-bond donors (Lipinski definition) is 2. The molecule has 3 aromatic rings. The number of carbonyl (C=O) groups excluding carboxylic acids is 1. The van der Waals surface area contributed by atoms with Gasteiger partial charge >= 0.3 is 0 Å². The third-order valence-corrected chi connectivity index (χ3v) is 4.72. The maximum Gasteiger partial charge on any atom is 0.252 e. The molecule has 4 rings (SSSR count). The van der Waals surface area contributed by atoms with Crippen molar-refractivity contribution in [2.45, 2.75) is 18.4 Å². The second-order valence-electron chi connectivity index (χ2n) is 6.20. The Morgan fingerprint density at radius 1 is 1.12 bits per heavy atom. The lowest BCUT2D eigenvalue weighted by Crippen LogP contribution is -2.52. The standard InChI is InChI=1S/C18H20N6O/c25-17(18(6-9-19-10-7-18)24-12-1-8-21-24)22-15-2-4-16(5-3-15)23-13-11-20-14-23/h1-5,8,11-14,19H,6-7,9-10H2,(H,22,25). The summed E-state index contributed by atoms with van der Waals surface area (Å²) in [5.74, 6) is -0.0203. The van der Waals surface area contributed by atoms with Gasteiger partial charge in [-0.2, -0.15) is 5.10 Å². The van der Waals surface area contributed by atoms with E-state index in [0.29, 0.717) is 12.8 Å². The van der Waals surface area contributed by atoms with E-state index in [2.05, 4.69) is 20.7 Å². The van der Waals surface area contributed by atoms with Crippen molar-refractivity contribution in [2.75, 3.05) is 18.4 Å². The maximum absolute atomic E-state index is 13.1. The Balaban J connectivity index is 1.55. The van der Waals surface area contributed by atoms with Crippen LogP contribution in [-0.2, 0) is 10.3 Å². The van der Waals surface area contributed by atoms with Crippen molar-refractivity contribution in [1.82, 2.24) is 24.6 Å². The smallest absolute Gasteiger partial charge is 0.252 e. The SMILES string of the molecule is O=C(Nc1ccc(-n2ccnc2)cc1)C1(n2cccn2)CCNCC1. The number of hydrogen-bond acceptors (Lipinski definition) is 4. The molecule has 7 heteroatoms. The highest BCUT2D eigenvalue weighted by atomic mass is 16.2. The van der Waals surface area contributed by atoms with E-state index in [4.69, 9.17) is 0 Å². The van der Waals surface area contributed by atoms with Crippen LogP contribution in [0.1, 0.15) is 12.8 Å². The number of anilines is 1. The third kappa shape index (κ3) is 2.94. The summed E-state index contributed by atoms with van der Waals surface area (Å²) < 4.78 is 3.71. The summed E-state index contributed by atoms with van der Waals surface area (Å²) in [6, 6.07) is 9.59. The van der Waals surface area contributed by atoms with Gasteiger partial charge in [-0.1, -0.05) is 0 Å². The summed E-state index contributed by atoms with van der Waals surface area (Å²) in [7, 11) is 0. The van der Waals surface area contributed by atoms with Crippen LogP contribution in [0.3, 0.4) is 0 Å². The molecule has 25 heavy (non-hydrogen) atoms. The van der Waals surface area contributed by atoms with Gasteiger partial charge in [0.25, 0.3) is 5.91 Å². The zero-order valence-electron chi connectivity index (χ0n) is 13.8. The van der Waals surface area contributed by atoms with Crippen LogP contribution in [0, 0.1) is 0 Å². The molecule has 1 aromatic carbocycles. The van der Waals surface area contributed by atoms with Crippen molar-refractivity contribution in [3.8, 4) is 5.69 Å². The van der Waals surface area contributed by atoms with Crippen LogP contribution in [0.15, 0.2) is 61.4 Å². The lowest BCUT2D eigenvalue weighted by atomic mass is 9.87. The number of amides is 1. The van der Waals surface area contributed by atoms with Crippen molar-refractivity contribution in [3.05, 3.63) is 61.4 Å². The minimum atomic E-state index is -0.641. The Bertz CT molecular complexity index is 817. The van der Waals surface area contributed by atoms with E-state index >= 15 is 0 Å². The molecule has 2 N–H and O–H groups in total. The summed E-state index contributed by atoms with van der Waals surface area (Å²) in [4.78, 5) is 17.1. The van der Waals surface area contributed by atoms with E-state index in [-0.39, 0.29) is 5.91 Å². The molecule has 2 aromatic heterocycles. The van der Waals surface area contributed by atoms with E-state index in [1.807, 2.05) is 47.3 Å². The molecule has 7 nitrogen and oxygen atoms in total. The fourth-order valence-electron chi connectivity index (χ4n) is 3.30. The molecule has 0 bridgehead atoms. The molecular formula is C18H20N6O. The molecule has 128 valence electrons. The Labute approximate surface area is 145 Å². The number of nitrogens with zero attached hydrogens (tertiary/aromatic N) is 4. The van der Waals surface area contributed by atoms with E-state index in [1.54, 1.807) is 23.4 Å². The molecule has 0 spiro atoms. The molecule has 0 radical (unpaired) electrons.